The van der Waals surface area contributed by atoms with Crippen molar-refractivity contribution in [3.05, 3.63) is 83.9 Å². The molecular weight excluding hydrogens is 540 g/mol. The van der Waals surface area contributed by atoms with Crippen LogP contribution < -0.4 is 9.47 Å². The summed E-state index contributed by atoms with van der Waals surface area (Å²) in [6.07, 6.45) is 1.77. The van der Waals surface area contributed by atoms with Gasteiger partial charge < -0.3 is 24.1 Å². The van der Waals surface area contributed by atoms with Crippen molar-refractivity contribution in [3.8, 4) is 11.5 Å². The van der Waals surface area contributed by atoms with Crippen molar-refractivity contribution in [2.45, 2.75) is 24.7 Å². The van der Waals surface area contributed by atoms with Gasteiger partial charge in [-0.2, -0.15) is 0 Å². The van der Waals surface area contributed by atoms with Crippen LogP contribution in [-0.2, 0) is 25.6 Å². The predicted molar refractivity (Wildman–Crippen MR) is 151 cm³/mol. The molecule has 222 valence electrons. The van der Waals surface area contributed by atoms with Gasteiger partial charge in [-0.3, -0.25) is 29.4 Å². The molecule has 2 saturated heterocycles. The Balaban J connectivity index is 1.77. The van der Waals surface area contributed by atoms with Crippen LogP contribution in [0.15, 0.2) is 67.0 Å². The van der Waals surface area contributed by atoms with E-state index in [1.54, 1.807) is 44.8 Å². The van der Waals surface area contributed by atoms with E-state index in [9.17, 15) is 14.7 Å². The highest BCUT2D eigenvalue weighted by molar-refractivity contribution is 5.86. The van der Waals surface area contributed by atoms with Gasteiger partial charge in [0.2, 0.25) is 0 Å². The average molecular weight is 577 g/mol. The largest absolute Gasteiger partial charge is 0.497 e. The SMILES string of the molecule is COC(=O)C12CN(Cc3ccc(OC)cc3OC)CC(C(=O)OC)(C1O)[C@@H](c1ccccn1)N(C)[C@H]2c1ccccn1. The summed E-state index contributed by atoms with van der Waals surface area (Å²) < 4.78 is 21.9. The summed E-state index contributed by atoms with van der Waals surface area (Å²) in [6, 6.07) is 14.8. The van der Waals surface area contributed by atoms with Gasteiger partial charge >= 0.3 is 11.9 Å². The van der Waals surface area contributed by atoms with E-state index < -0.39 is 41.0 Å². The number of ether oxygens (including phenoxy) is 4. The number of aliphatic hydroxyl groups excluding tert-OH is 1. The lowest BCUT2D eigenvalue weighted by molar-refractivity contribution is -0.250. The maximum absolute atomic E-state index is 14.1. The van der Waals surface area contributed by atoms with Gasteiger partial charge in [-0.1, -0.05) is 18.2 Å². The van der Waals surface area contributed by atoms with Crippen molar-refractivity contribution >= 4 is 11.9 Å². The van der Waals surface area contributed by atoms with E-state index in [-0.39, 0.29) is 13.1 Å². The molecule has 5 rings (SSSR count). The minimum Gasteiger partial charge on any atom is -0.497 e. The Morgan fingerprint density at radius 1 is 0.857 bits per heavy atom. The fraction of sp³-hybridized carbons (Fsp3) is 0.419. The van der Waals surface area contributed by atoms with E-state index in [1.807, 2.05) is 53.2 Å². The minimum absolute atomic E-state index is 0.0648. The number of rotatable bonds is 8. The van der Waals surface area contributed by atoms with E-state index >= 15 is 0 Å². The molecule has 1 N–H and O–H groups in total. The van der Waals surface area contributed by atoms with Crippen LogP contribution >= 0.6 is 0 Å². The molecule has 4 heterocycles. The minimum atomic E-state index is -1.63. The molecule has 0 spiro atoms. The first-order chi connectivity index (χ1) is 20.3. The van der Waals surface area contributed by atoms with Crippen LogP contribution in [0.3, 0.4) is 0 Å². The highest BCUT2D eigenvalue weighted by atomic mass is 16.5. The van der Waals surface area contributed by atoms with Crippen molar-refractivity contribution in [2.75, 3.05) is 48.6 Å². The summed E-state index contributed by atoms with van der Waals surface area (Å²) in [5.74, 6) is -0.0940. The summed E-state index contributed by atoms with van der Waals surface area (Å²) >= 11 is 0. The molecule has 11 heteroatoms. The number of aliphatic hydroxyl groups is 1. The zero-order valence-electron chi connectivity index (χ0n) is 24.4. The smallest absolute Gasteiger partial charge is 0.317 e. The highest BCUT2D eigenvalue weighted by Gasteiger charge is 2.75. The fourth-order valence-corrected chi connectivity index (χ4v) is 7.09. The first kappa shape index (κ1) is 29.4. The second-order valence-corrected chi connectivity index (χ2v) is 10.8. The normalized spacial score (nSPS) is 27.6. The molecule has 5 atom stereocenters. The lowest BCUT2D eigenvalue weighted by atomic mass is 9.53. The third-order valence-corrected chi connectivity index (χ3v) is 8.69. The third-order valence-electron chi connectivity index (χ3n) is 8.69. The third kappa shape index (κ3) is 4.48. The van der Waals surface area contributed by atoms with Crippen LogP contribution in [-0.4, -0.2) is 91.5 Å². The standard InChI is InChI=1S/C31H36N4O7/c1-34-25(22-10-6-8-14-32-22)30(28(37)41-4)18-35(17-20-12-13-21(39-2)16-24(20)40-3)19-31(27(30)36,29(38)42-5)26(34)23-11-7-9-15-33-23/h6-16,25-27,36H,17-19H2,1-5H3/t25-,26+,27?,30?,31?. The quantitative estimate of drug-likeness (QED) is 0.398. The van der Waals surface area contributed by atoms with Gasteiger partial charge in [0.1, 0.15) is 22.3 Å². The number of benzene rings is 1. The molecule has 0 amide bonds. The van der Waals surface area contributed by atoms with Gasteiger partial charge in [0, 0.05) is 43.7 Å². The van der Waals surface area contributed by atoms with E-state index in [0.717, 1.165) is 5.56 Å². The zero-order valence-corrected chi connectivity index (χ0v) is 24.4. The molecule has 11 nitrogen and oxygen atoms in total. The van der Waals surface area contributed by atoms with Gasteiger partial charge in [0.15, 0.2) is 0 Å². The molecule has 42 heavy (non-hydrogen) atoms. The van der Waals surface area contributed by atoms with Crippen molar-refractivity contribution in [1.29, 1.82) is 0 Å². The van der Waals surface area contributed by atoms with Crippen LogP contribution in [0, 0.1) is 10.8 Å². The summed E-state index contributed by atoms with van der Waals surface area (Å²) in [6.45, 7) is 0.426. The number of piperidine rings is 2. The number of pyridine rings is 2. The van der Waals surface area contributed by atoms with Crippen LogP contribution in [0.25, 0.3) is 0 Å². The van der Waals surface area contributed by atoms with Crippen LogP contribution in [0.1, 0.15) is 29.0 Å². The maximum Gasteiger partial charge on any atom is 0.317 e. The number of methoxy groups -OCH3 is 4. The summed E-state index contributed by atoms with van der Waals surface area (Å²) in [5, 5.41) is 12.5. The summed E-state index contributed by atoms with van der Waals surface area (Å²) in [5.41, 5.74) is -1.35. The van der Waals surface area contributed by atoms with Gasteiger partial charge in [-0.05, 0) is 37.4 Å². The Hall–Kier alpha value is -4.06. The number of nitrogens with zero attached hydrogens (tertiary/aromatic N) is 4. The zero-order chi connectivity index (χ0) is 30.1. The van der Waals surface area contributed by atoms with Crippen LogP contribution in [0.5, 0.6) is 11.5 Å². The topological polar surface area (TPSA) is 124 Å². The number of esters is 2. The van der Waals surface area contributed by atoms with E-state index in [2.05, 4.69) is 9.97 Å². The van der Waals surface area contributed by atoms with Gasteiger partial charge in [0.05, 0.1) is 58.0 Å². The molecule has 2 bridgehead atoms. The molecule has 0 saturated carbocycles. The molecule has 0 aliphatic carbocycles. The van der Waals surface area contributed by atoms with Crippen molar-refractivity contribution < 1.29 is 33.6 Å². The molecule has 3 unspecified atom stereocenters. The molecule has 2 aliphatic heterocycles. The first-order valence-electron chi connectivity index (χ1n) is 13.6. The number of hydrogen-bond donors (Lipinski definition) is 1. The van der Waals surface area contributed by atoms with Gasteiger partial charge in [-0.15, -0.1) is 0 Å². The molecule has 2 aromatic heterocycles. The lowest BCUT2D eigenvalue weighted by Gasteiger charge is -2.64. The Morgan fingerprint density at radius 2 is 1.40 bits per heavy atom. The monoisotopic (exact) mass is 576 g/mol. The number of aromatic nitrogens is 2. The van der Waals surface area contributed by atoms with Gasteiger partial charge in [-0.25, -0.2) is 0 Å². The number of carbonyl (C=O) groups excluding carboxylic acids is 2. The van der Waals surface area contributed by atoms with Gasteiger partial charge in [0.25, 0.3) is 0 Å². The average Bonchev–Trinajstić information content (AvgIpc) is 3.02. The van der Waals surface area contributed by atoms with E-state index in [0.29, 0.717) is 29.4 Å². The first-order valence-corrected chi connectivity index (χ1v) is 13.6. The second kappa shape index (κ2) is 11.7. The Bertz CT molecular complexity index is 1350. The second-order valence-electron chi connectivity index (χ2n) is 10.8. The number of hydrogen-bond acceptors (Lipinski definition) is 11. The van der Waals surface area contributed by atoms with Crippen LogP contribution in [0.4, 0.5) is 0 Å². The summed E-state index contributed by atoms with van der Waals surface area (Å²) in [4.78, 5) is 41.3. The molecule has 0 radical (unpaired) electrons. The molecule has 1 aromatic carbocycles. The Morgan fingerprint density at radius 3 is 1.83 bits per heavy atom. The fourth-order valence-electron chi connectivity index (χ4n) is 7.09. The predicted octanol–water partition coefficient (Wildman–Crippen LogP) is 2.42. The van der Waals surface area contributed by atoms with Crippen molar-refractivity contribution in [2.24, 2.45) is 10.8 Å². The molecule has 2 aliphatic rings. The number of carbonyl (C=O) groups is 2. The maximum atomic E-state index is 14.1. The van der Waals surface area contributed by atoms with Crippen molar-refractivity contribution in [3.63, 3.8) is 0 Å². The Kier molecular flexibility index (Phi) is 8.18. The molecule has 2 fully saturated rings. The Labute approximate surface area is 245 Å². The van der Waals surface area contributed by atoms with E-state index in [4.69, 9.17) is 18.9 Å². The highest BCUT2D eigenvalue weighted by Crippen LogP contribution is 2.62. The number of likely N-dealkylation sites (tertiary alicyclic amines) is 2. The van der Waals surface area contributed by atoms with E-state index in [1.165, 1.54) is 14.2 Å². The molecular formula is C31H36N4O7. The molecule has 3 aromatic rings. The van der Waals surface area contributed by atoms with Crippen molar-refractivity contribution in [1.82, 2.24) is 19.8 Å². The summed E-state index contributed by atoms with van der Waals surface area (Å²) in [7, 11) is 7.54. The number of fused-ring (bicyclic) bond motifs is 2. The lowest BCUT2D eigenvalue weighted by Crippen LogP contribution is -2.77. The van der Waals surface area contributed by atoms with Crippen LogP contribution in [0.2, 0.25) is 0 Å².